The molecule has 0 aliphatic rings. The second-order valence-corrected chi connectivity index (χ2v) is 6.80. The Hall–Kier alpha value is -2.73. The lowest BCUT2D eigenvalue weighted by molar-refractivity contribution is -0.133. The zero-order valence-corrected chi connectivity index (χ0v) is 17.1. The first-order valence-corrected chi connectivity index (χ1v) is 9.33. The minimum Gasteiger partial charge on any atom is -0.497 e. The summed E-state index contributed by atoms with van der Waals surface area (Å²) in [6.07, 6.45) is 0.865. The Labute approximate surface area is 170 Å². The molecule has 0 unspecified atom stereocenters. The Morgan fingerprint density at radius 1 is 1.11 bits per heavy atom. The molecular formula is C21H25ClN2O4. The lowest BCUT2D eigenvalue weighted by Crippen LogP contribution is -2.34. The van der Waals surface area contributed by atoms with Crippen LogP contribution in [0.4, 0.5) is 5.69 Å². The normalized spacial score (nSPS) is 10.3. The van der Waals surface area contributed by atoms with Crippen molar-refractivity contribution in [3.63, 3.8) is 0 Å². The van der Waals surface area contributed by atoms with Gasteiger partial charge in [0.1, 0.15) is 11.5 Å². The van der Waals surface area contributed by atoms with E-state index in [1.807, 2.05) is 13.0 Å². The van der Waals surface area contributed by atoms with Crippen LogP contribution in [0.2, 0.25) is 5.02 Å². The summed E-state index contributed by atoms with van der Waals surface area (Å²) in [5, 5.41) is 3.45. The van der Waals surface area contributed by atoms with Gasteiger partial charge in [0.25, 0.3) is 0 Å². The Bertz CT molecular complexity index is 809. The molecule has 0 aliphatic heterocycles. The van der Waals surface area contributed by atoms with Gasteiger partial charge in [-0.1, -0.05) is 11.6 Å². The summed E-state index contributed by atoms with van der Waals surface area (Å²) in [6, 6.07) is 12.4. The third-order valence-electron chi connectivity index (χ3n) is 4.11. The Morgan fingerprint density at radius 3 is 2.43 bits per heavy atom. The molecule has 0 spiro atoms. The fraction of sp³-hybridized carbons (Fsp3) is 0.333. The van der Waals surface area contributed by atoms with Gasteiger partial charge in [-0.15, -0.1) is 0 Å². The van der Waals surface area contributed by atoms with E-state index in [1.54, 1.807) is 50.6 Å². The highest BCUT2D eigenvalue weighted by Crippen LogP contribution is 2.21. The van der Waals surface area contributed by atoms with Crippen LogP contribution in [0.5, 0.6) is 11.5 Å². The van der Waals surface area contributed by atoms with Crippen molar-refractivity contribution >= 4 is 29.1 Å². The van der Waals surface area contributed by atoms with Crippen molar-refractivity contribution in [1.82, 2.24) is 4.90 Å². The van der Waals surface area contributed by atoms with Crippen LogP contribution in [-0.2, 0) is 9.59 Å². The number of amides is 2. The summed E-state index contributed by atoms with van der Waals surface area (Å²) in [5.41, 5.74) is 1.59. The number of ether oxygens (including phenoxy) is 2. The van der Waals surface area contributed by atoms with Crippen molar-refractivity contribution in [3.8, 4) is 11.5 Å². The van der Waals surface area contributed by atoms with Crippen molar-refractivity contribution in [2.75, 3.05) is 32.6 Å². The zero-order valence-electron chi connectivity index (χ0n) is 16.3. The highest BCUT2D eigenvalue weighted by atomic mass is 35.5. The fourth-order valence-corrected chi connectivity index (χ4v) is 2.61. The third-order valence-corrected chi connectivity index (χ3v) is 4.54. The quantitative estimate of drug-likeness (QED) is 0.643. The van der Waals surface area contributed by atoms with E-state index in [4.69, 9.17) is 21.1 Å². The van der Waals surface area contributed by atoms with Gasteiger partial charge in [-0.3, -0.25) is 9.59 Å². The highest BCUT2D eigenvalue weighted by Gasteiger charge is 2.13. The summed E-state index contributed by atoms with van der Waals surface area (Å²) in [5.74, 6) is 1.07. The molecule has 0 radical (unpaired) electrons. The number of anilines is 1. The number of nitrogens with zero attached hydrogens (tertiary/aromatic N) is 1. The molecule has 0 saturated heterocycles. The number of aryl methyl sites for hydroxylation is 1. The number of likely N-dealkylation sites (N-methyl/N-ethyl adjacent to an activating group) is 1. The molecule has 2 aromatic carbocycles. The number of methoxy groups -OCH3 is 1. The average molecular weight is 405 g/mol. The molecular weight excluding hydrogens is 380 g/mol. The molecule has 0 aliphatic carbocycles. The third kappa shape index (κ3) is 6.78. The largest absolute Gasteiger partial charge is 0.497 e. The highest BCUT2D eigenvalue weighted by molar-refractivity contribution is 6.31. The molecule has 0 fully saturated rings. The van der Waals surface area contributed by atoms with Gasteiger partial charge in [0.15, 0.2) is 0 Å². The summed E-state index contributed by atoms with van der Waals surface area (Å²) in [4.78, 5) is 25.7. The SMILES string of the molecule is COc1ccc(NC(=O)CN(C)C(=O)CCCOc2ccc(Cl)c(C)c2)cc1. The number of carbonyl (C=O) groups is 2. The van der Waals surface area contributed by atoms with Gasteiger partial charge in [0.2, 0.25) is 11.8 Å². The molecule has 0 atom stereocenters. The summed E-state index contributed by atoms with van der Waals surface area (Å²) in [7, 11) is 3.19. The minimum absolute atomic E-state index is 0.0118. The van der Waals surface area contributed by atoms with Gasteiger partial charge in [-0.2, -0.15) is 0 Å². The molecule has 2 aromatic rings. The van der Waals surface area contributed by atoms with Crippen LogP contribution in [0.1, 0.15) is 18.4 Å². The van der Waals surface area contributed by atoms with Gasteiger partial charge in [0.05, 0.1) is 20.3 Å². The first kappa shape index (κ1) is 21.6. The molecule has 28 heavy (non-hydrogen) atoms. The summed E-state index contributed by atoms with van der Waals surface area (Å²) >= 11 is 5.98. The fourth-order valence-electron chi connectivity index (χ4n) is 2.49. The Balaban J connectivity index is 1.69. The predicted molar refractivity (Wildman–Crippen MR) is 110 cm³/mol. The van der Waals surface area contributed by atoms with Crippen LogP contribution < -0.4 is 14.8 Å². The Kier molecular flexibility index (Phi) is 8.14. The van der Waals surface area contributed by atoms with E-state index in [-0.39, 0.29) is 18.4 Å². The van der Waals surface area contributed by atoms with E-state index in [0.29, 0.717) is 35.9 Å². The number of halogens is 1. The van der Waals surface area contributed by atoms with Gasteiger partial charge in [0, 0.05) is 24.2 Å². The van der Waals surface area contributed by atoms with Crippen molar-refractivity contribution in [2.45, 2.75) is 19.8 Å². The first-order chi connectivity index (χ1) is 13.4. The smallest absolute Gasteiger partial charge is 0.243 e. The van der Waals surface area contributed by atoms with Crippen molar-refractivity contribution in [2.24, 2.45) is 0 Å². The molecule has 0 bridgehead atoms. The molecule has 0 saturated carbocycles. The van der Waals surface area contributed by atoms with E-state index in [2.05, 4.69) is 5.32 Å². The maximum absolute atomic E-state index is 12.2. The summed E-state index contributed by atoms with van der Waals surface area (Å²) in [6.45, 7) is 2.31. The molecule has 2 amide bonds. The van der Waals surface area contributed by atoms with Crippen molar-refractivity contribution in [1.29, 1.82) is 0 Å². The maximum atomic E-state index is 12.2. The second-order valence-electron chi connectivity index (χ2n) is 6.39. The molecule has 7 heteroatoms. The van der Waals surface area contributed by atoms with Gasteiger partial charge >= 0.3 is 0 Å². The minimum atomic E-state index is -0.256. The molecule has 150 valence electrons. The number of carbonyl (C=O) groups excluding carboxylic acids is 2. The van der Waals surface area contributed by atoms with Crippen LogP contribution in [0.15, 0.2) is 42.5 Å². The molecule has 6 nitrogen and oxygen atoms in total. The number of nitrogens with one attached hydrogen (secondary N) is 1. The van der Waals surface area contributed by atoms with Crippen LogP contribution in [0.25, 0.3) is 0 Å². The Morgan fingerprint density at radius 2 is 1.79 bits per heavy atom. The monoisotopic (exact) mass is 404 g/mol. The first-order valence-electron chi connectivity index (χ1n) is 8.96. The lowest BCUT2D eigenvalue weighted by atomic mass is 10.2. The van der Waals surface area contributed by atoms with Gasteiger partial charge in [-0.05, 0) is 61.4 Å². The number of hydrogen-bond donors (Lipinski definition) is 1. The van der Waals surface area contributed by atoms with E-state index in [1.165, 1.54) is 4.90 Å². The van der Waals surface area contributed by atoms with Crippen molar-refractivity contribution < 1.29 is 19.1 Å². The van der Waals surface area contributed by atoms with E-state index in [0.717, 1.165) is 11.3 Å². The van der Waals surface area contributed by atoms with Crippen LogP contribution in [0.3, 0.4) is 0 Å². The zero-order chi connectivity index (χ0) is 20.5. The number of benzene rings is 2. The van der Waals surface area contributed by atoms with Gasteiger partial charge < -0.3 is 19.7 Å². The standard InChI is InChI=1S/C21H25ClN2O4/c1-15-13-18(10-11-19(15)22)28-12-4-5-21(26)24(2)14-20(25)23-16-6-8-17(27-3)9-7-16/h6-11,13H,4-5,12,14H2,1-3H3,(H,23,25). The van der Waals surface area contributed by atoms with Crippen LogP contribution >= 0.6 is 11.6 Å². The van der Waals surface area contributed by atoms with Gasteiger partial charge in [-0.25, -0.2) is 0 Å². The van der Waals surface area contributed by atoms with Crippen LogP contribution in [0, 0.1) is 6.92 Å². The molecule has 1 N–H and O–H groups in total. The molecule has 0 heterocycles. The molecule has 0 aromatic heterocycles. The number of rotatable bonds is 9. The number of hydrogen-bond acceptors (Lipinski definition) is 4. The second kappa shape index (κ2) is 10.6. The van der Waals surface area contributed by atoms with E-state index >= 15 is 0 Å². The van der Waals surface area contributed by atoms with Crippen molar-refractivity contribution in [3.05, 3.63) is 53.1 Å². The molecule has 2 rings (SSSR count). The maximum Gasteiger partial charge on any atom is 0.243 e. The van der Waals surface area contributed by atoms with Crippen LogP contribution in [-0.4, -0.2) is 44.0 Å². The summed E-state index contributed by atoms with van der Waals surface area (Å²) < 4.78 is 10.7. The van der Waals surface area contributed by atoms with E-state index < -0.39 is 0 Å². The lowest BCUT2D eigenvalue weighted by Gasteiger charge is -2.17. The topological polar surface area (TPSA) is 67.9 Å². The predicted octanol–water partition coefficient (Wildman–Crippen LogP) is 3.91. The average Bonchev–Trinajstić information content (AvgIpc) is 2.68. The van der Waals surface area contributed by atoms with E-state index in [9.17, 15) is 9.59 Å².